The van der Waals surface area contributed by atoms with Crippen molar-refractivity contribution in [2.45, 2.75) is 33.1 Å². The van der Waals surface area contributed by atoms with Crippen LogP contribution in [0.25, 0.3) is 6.08 Å². The maximum absolute atomic E-state index is 12.5. The first-order valence-electron chi connectivity index (χ1n) is 8.94. The number of thiophene rings is 1. The van der Waals surface area contributed by atoms with E-state index in [0.29, 0.717) is 23.1 Å². The monoisotopic (exact) mass is 369 g/mol. The van der Waals surface area contributed by atoms with E-state index in [2.05, 4.69) is 12.2 Å². The molecule has 136 valence electrons. The Balaban J connectivity index is 1.83. The summed E-state index contributed by atoms with van der Waals surface area (Å²) in [5.74, 6) is 0.00524. The number of fused-ring (bicyclic) bond motifs is 1. The highest BCUT2D eigenvalue weighted by molar-refractivity contribution is 7.17. The van der Waals surface area contributed by atoms with Crippen molar-refractivity contribution >= 4 is 34.3 Å². The number of nitrogens with one attached hydrogen (secondary N) is 1. The van der Waals surface area contributed by atoms with Crippen molar-refractivity contribution in [2.24, 2.45) is 5.92 Å². The van der Waals surface area contributed by atoms with Crippen LogP contribution in [0.15, 0.2) is 36.4 Å². The maximum Gasteiger partial charge on any atom is 0.341 e. The minimum Gasteiger partial charge on any atom is -0.462 e. The van der Waals surface area contributed by atoms with Gasteiger partial charge in [0, 0.05) is 11.0 Å². The fourth-order valence-electron chi connectivity index (χ4n) is 3.15. The van der Waals surface area contributed by atoms with Crippen molar-refractivity contribution in [1.29, 1.82) is 0 Å². The number of benzene rings is 1. The molecule has 1 unspecified atom stereocenters. The largest absolute Gasteiger partial charge is 0.462 e. The highest BCUT2D eigenvalue weighted by Crippen LogP contribution is 2.40. The van der Waals surface area contributed by atoms with Gasteiger partial charge in [0.25, 0.3) is 0 Å². The molecule has 1 aliphatic rings. The van der Waals surface area contributed by atoms with E-state index in [4.69, 9.17) is 4.74 Å². The van der Waals surface area contributed by atoms with Crippen molar-refractivity contribution < 1.29 is 14.3 Å². The van der Waals surface area contributed by atoms with Crippen molar-refractivity contribution in [3.8, 4) is 0 Å². The van der Waals surface area contributed by atoms with Crippen LogP contribution in [-0.4, -0.2) is 18.5 Å². The summed E-state index contributed by atoms with van der Waals surface area (Å²) < 4.78 is 5.23. The maximum atomic E-state index is 12.5. The molecule has 0 bridgehead atoms. The number of carbonyl (C=O) groups is 2. The zero-order valence-electron chi connectivity index (χ0n) is 15.1. The van der Waals surface area contributed by atoms with Crippen LogP contribution in [0.5, 0.6) is 0 Å². The van der Waals surface area contributed by atoms with E-state index in [1.54, 1.807) is 13.0 Å². The third kappa shape index (κ3) is 4.22. The summed E-state index contributed by atoms with van der Waals surface area (Å²) in [6.45, 7) is 4.33. The van der Waals surface area contributed by atoms with E-state index in [9.17, 15) is 9.59 Å². The lowest BCUT2D eigenvalue weighted by molar-refractivity contribution is -0.111. The summed E-state index contributed by atoms with van der Waals surface area (Å²) in [5, 5.41) is 3.49. The highest BCUT2D eigenvalue weighted by Gasteiger charge is 2.28. The SMILES string of the molecule is CCOC(=O)c1c(NC(=O)/C=C/c2ccccc2)sc2c1CCC(C)C2. The first-order chi connectivity index (χ1) is 12.6. The number of amides is 1. The predicted octanol–water partition coefficient (Wildman–Crippen LogP) is 4.70. The molecule has 3 rings (SSSR count). The van der Waals surface area contributed by atoms with Gasteiger partial charge in [0.1, 0.15) is 5.00 Å². The topological polar surface area (TPSA) is 55.4 Å². The molecule has 4 nitrogen and oxygen atoms in total. The molecule has 0 radical (unpaired) electrons. The minimum atomic E-state index is -0.345. The van der Waals surface area contributed by atoms with E-state index < -0.39 is 0 Å². The fraction of sp³-hybridized carbons (Fsp3) is 0.333. The molecule has 1 aliphatic carbocycles. The van der Waals surface area contributed by atoms with Gasteiger partial charge >= 0.3 is 5.97 Å². The standard InChI is InChI=1S/C21H23NO3S/c1-3-25-21(24)19-16-11-9-14(2)13-17(16)26-20(19)22-18(23)12-10-15-7-5-4-6-8-15/h4-8,10,12,14H,3,9,11,13H2,1-2H3,(H,22,23)/b12-10+. The number of rotatable bonds is 5. The zero-order valence-corrected chi connectivity index (χ0v) is 15.9. The average Bonchev–Trinajstić information content (AvgIpc) is 2.98. The Kier molecular flexibility index (Phi) is 5.89. The van der Waals surface area contributed by atoms with Gasteiger partial charge in [-0.1, -0.05) is 37.3 Å². The molecular formula is C21H23NO3S. The lowest BCUT2D eigenvalue weighted by atomic mass is 9.88. The normalized spacial score (nSPS) is 16.3. The zero-order chi connectivity index (χ0) is 18.5. The summed E-state index contributed by atoms with van der Waals surface area (Å²) in [7, 11) is 0. The molecule has 26 heavy (non-hydrogen) atoms. The van der Waals surface area contributed by atoms with E-state index in [1.807, 2.05) is 30.3 Å². The average molecular weight is 369 g/mol. The Morgan fingerprint density at radius 1 is 1.31 bits per heavy atom. The Hall–Kier alpha value is -2.40. The summed E-state index contributed by atoms with van der Waals surface area (Å²) >= 11 is 1.50. The number of esters is 1. The van der Waals surface area contributed by atoms with Gasteiger partial charge in [-0.3, -0.25) is 4.79 Å². The van der Waals surface area contributed by atoms with Gasteiger partial charge in [-0.15, -0.1) is 11.3 Å². The number of carbonyl (C=O) groups excluding carboxylic acids is 2. The fourth-order valence-corrected chi connectivity index (χ4v) is 4.55. The lowest BCUT2D eigenvalue weighted by Gasteiger charge is -2.18. The van der Waals surface area contributed by atoms with E-state index in [0.717, 1.165) is 30.4 Å². The predicted molar refractivity (Wildman–Crippen MR) is 106 cm³/mol. The first kappa shape index (κ1) is 18.4. The van der Waals surface area contributed by atoms with E-state index >= 15 is 0 Å². The van der Waals surface area contributed by atoms with Crippen molar-refractivity contribution in [2.75, 3.05) is 11.9 Å². The van der Waals surface area contributed by atoms with Crippen LogP contribution < -0.4 is 5.32 Å². The van der Waals surface area contributed by atoms with Crippen LogP contribution in [0.1, 0.15) is 46.6 Å². The Morgan fingerprint density at radius 2 is 2.08 bits per heavy atom. The van der Waals surface area contributed by atoms with Crippen LogP contribution in [-0.2, 0) is 22.4 Å². The van der Waals surface area contributed by atoms with Gasteiger partial charge in [-0.25, -0.2) is 4.79 Å². The Labute approximate surface area is 157 Å². The number of anilines is 1. The molecule has 1 atom stereocenters. The summed E-state index contributed by atoms with van der Waals surface area (Å²) in [6, 6.07) is 9.63. The van der Waals surface area contributed by atoms with Crippen LogP contribution in [0, 0.1) is 5.92 Å². The van der Waals surface area contributed by atoms with Gasteiger partial charge in [-0.05, 0) is 49.3 Å². The second-order valence-electron chi connectivity index (χ2n) is 6.51. The summed E-state index contributed by atoms with van der Waals surface area (Å²) in [4.78, 5) is 26.0. The third-order valence-electron chi connectivity index (χ3n) is 4.45. The number of hydrogen-bond donors (Lipinski definition) is 1. The first-order valence-corrected chi connectivity index (χ1v) is 9.76. The van der Waals surface area contributed by atoms with Crippen molar-refractivity contribution in [3.05, 3.63) is 58.0 Å². The number of hydrogen-bond acceptors (Lipinski definition) is 4. The van der Waals surface area contributed by atoms with Crippen LogP contribution in [0.2, 0.25) is 0 Å². The molecule has 0 saturated carbocycles. The third-order valence-corrected chi connectivity index (χ3v) is 5.62. The van der Waals surface area contributed by atoms with Gasteiger partial charge in [-0.2, -0.15) is 0 Å². The molecule has 0 saturated heterocycles. The van der Waals surface area contributed by atoms with Gasteiger partial charge in [0.2, 0.25) is 5.91 Å². The molecule has 0 spiro atoms. The smallest absolute Gasteiger partial charge is 0.341 e. The van der Waals surface area contributed by atoms with Gasteiger partial charge in [0.15, 0.2) is 0 Å². The van der Waals surface area contributed by atoms with Crippen molar-refractivity contribution in [3.63, 3.8) is 0 Å². The van der Waals surface area contributed by atoms with E-state index in [-0.39, 0.29) is 11.9 Å². The quantitative estimate of drug-likeness (QED) is 0.614. The summed E-state index contributed by atoms with van der Waals surface area (Å²) in [6.07, 6.45) is 6.11. The molecule has 2 aromatic rings. The van der Waals surface area contributed by atoms with Gasteiger partial charge in [0.05, 0.1) is 12.2 Å². The molecular weight excluding hydrogens is 346 g/mol. The van der Waals surface area contributed by atoms with Gasteiger partial charge < -0.3 is 10.1 Å². The molecule has 5 heteroatoms. The molecule has 1 aromatic heterocycles. The second-order valence-corrected chi connectivity index (χ2v) is 7.61. The Bertz CT molecular complexity index is 823. The van der Waals surface area contributed by atoms with Crippen LogP contribution >= 0.6 is 11.3 Å². The van der Waals surface area contributed by atoms with Crippen molar-refractivity contribution in [1.82, 2.24) is 0 Å². The molecule has 1 amide bonds. The molecule has 1 aromatic carbocycles. The van der Waals surface area contributed by atoms with Crippen LogP contribution in [0.3, 0.4) is 0 Å². The molecule has 1 heterocycles. The highest BCUT2D eigenvalue weighted by atomic mass is 32.1. The minimum absolute atomic E-state index is 0.244. The lowest BCUT2D eigenvalue weighted by Crippen LogP contribution is -2.15. The molecule has 0 fully saturated rings. The number of ether oxygens (including phenoxy) is 1. The molecule has 1 N–H and O–H groups in total. The Morgan fingerprint density at radius 3 is 2.81 bits per heavy atom. The van der Waals surface area contributed by atoms with E-state index in [1.165, 1.54) is 22.3 Å². The summed E-state index contributed by atoms with van der Waals surface area (Å²) in [5.41, 5.74) is 2.54. The second kappa shape index (κ2) is 8.32. The molecule has 0 aliphatic heterocycles. The van der Waals surface area contributed by atoms with Crippen LogP contribution in [0.4, 0.5) is 5.00 Å².